The average molecular weight is 290 g/mol. The van der Waals surface area contributed by atoms with Gasteiger partial charge in [0, 0.05) is 26.2 Å². The second-order valence-electron chi connectivity index (χ2n) is 5.81. The number of carbonyl (C=O) groups is 1. The summed E-state index contributed by atoms with van der Waals surface area (Å²) in [4.78, 5) is 16.3. The summed E-state index contributed by atoms with van der Waals surface area (Å²) in [5.41, 5.74) is 1.14. The molecule has 1 unspecified atom stereocenters. The van der Waals surface area contributed by atoms with Gasteiger partial charge in [-0.25, -0.2) is 4.79 Å². The summed E-state index contributed by atoms with van der Waals surface area (Å²) >= 11 is 0. The monoisotopic (exact) mass is 290 g/mol. The molecule has 1 aromatic carbocycles. The fraction of sp³-hybridized carbons (Fsp3) is 0.588. The first-order chi connectivity index (χ1) is 10.1. The predicted octanol–water partition coefficient (Wildman–Crippen LogP) is 3.16. The fourth-order valence-electron chi connectivity index (χ4n) is 2.82. The van der Waals surface area contributed by atoms with Gasteiger partial charge in [-0.1, -0.05) is 18.2 Å². The number of hydrogen-bond acceptors (Lipinski definition) is 2. The highest BCUT2D eigenvalue weighted by atomic mass is 16.5. The molecule has 116 valence electrons. The van der Waals surface area contributed by atoms with Crippen molar-refractivity contribution < 1.29 is 9.53 Å². The average Bonchev–Trinajstić information content (AvgIpc) is 2.54. The molecule has 0 aliphatic carbocycles. The maximum absolute atomic E-state index is 12.5. The number of amides is 2. The Labute approximate surface area is 127 Å². The van der Waals surface area contributed by atoms with Crippen LogP contribution in [0.15, 0.2) is 24.3 Å². The third-order valence-corrected chi connectivity index (χ3v) is 4.30. The van der Waals surface area contributed by atoms with E-state index in [4.69, 9.17) is 4.74 Å². The molecule has 2 amide bonds. The fourth-order valence-corrected chi connectivity index (χ4v) is 2.82. The number of carbonyl (C=O) groups excluding carboxylic acids is 1. The Hall–Kier alpha value is -1.71. The summed E-state index contributed by atoms with van der Waals surface area (Å²) in [6, 6.07) is 8.31. The predicted molar refractivity (Wildman–Crippen MR) is 84.7 cm³/mol. The highest BCUT2D eigenvalue weighted by molar-refractivity contribution is 5.74. The van der Waals surface area contributed by atoms with Crippen molar-refractivity contribution in [1.82, 2.24) is 9.80 Å². The SMILES string of the molecule is COc1ccccc1CC(C)N(C)C(=O)N1CCCCC1. The summed E-state index contributed by atoms with van der Waals surface area (Å²) in [5, 5.41) is 0. The first-order valence-electron chi connectivity index (χ1n) is 7.77. The molecule has 0 N–H and O–H groups in total. The third-order valence-electron chi connectivity index (χ3n) is 4.30. The van der Waals surface area contributed by atoms with Crippen LogP contribution in [-0.2, 0) is 6.42 Å². The Morgan fingerprint density at radius 3 is 2.62 bits per heavy atom. The largest absolute Gasteiger partial charge is 0.496 e. The van der Waals surface area contributed by atoms with E-state index in [1.807, 2.05) is 35.0 Å². The van der Waals surface area contributed by atoms with Gasteiger partial charge < -0.3 is 14.5 Å². The minimum atomic E-state index is 0.149. The second kappa shape index (κ2) is 7.34. The molecule has 0 saturated carbocycles. The molecule has 4 heteroatoms. The van der Waals surface area contributed by atoms with Crippen LogP contribution in [0.2, 0.25) is 0 Å². The van der Waals surface area contributed by atoms with Crippen LogP contribution in [0.3, 0.4) is 0 Å². The lowest BCUT2D eigenvalue weighted by molar-refractivity contribution is 0.140. The first kappa shape index (κ1) is 15.7. The molecular formula is C17H26N2O2. The zero-order chi connectivity index (χ0) is 15.2. The van der Waals surface area contributed by atoms with Crippen LogP contribution >= 0.6 is 0 Å². The smallest absolute Gasteiger partial charge is 0.319 e. The number of nitrogens with zero attached hydrogens (tertiary/aromatic N) is 2. The number of benzene rings is 1. The van der Waals surface area contributed by atoms with E-state index >= 15 is 0 Å². The van der Waals surface area contributed by atoms with Gasteiger partial charge in [0.1, 0.15) is 5.75 Å². The van der Waals surface area contributed by atoms with Crippen molar-refractivity contribution >= 4 is 6.03 Å². The molecule has 2 rings (SSSR count). The van der Waals surface area contributed by atoms with E-state index in [2.05, 4.69) is 13.0 Å². The van der Waals surface area contributed by atoms with E-state index < -0.39 is 0 Å². The van der Waals surface area contributed by atoms with E-state index in [1.54, 1.807) is 7.11 Å². The number of methoxy groups -OCH3 is 1. The highest BCUT2D eigenvalue weighted by Crippen LogP contribution is 2.21. The summed E-state index contributed by atoms with van der Waals surface area (Å²) in [7, 11) is 3.59. The van der Waals surface area contributed by atoms with Gasteiger partial charge in [-0.2, -0.15) is 0 Å². The number of urea groups is 1. The highest BCUT2D eigenvalue weighted by Gasteiger charge is 2.23. The molecule has 0 aromatic heterocycles. The normalized spacial score (nSPS) is 16.4. The number of ether oxygens (including phenoxy) is 1. The van der Waals surface area contributed by atoms with Crippen molar-refractivity contribution in [1.29, 1.82) is 0 Å². The van der Waals surface area contributed by atoms with Gasteiger partial charge in [0.15, 0.2) is 0 Å². The summed E-state index contributed by atoms with van der Waals surface area (Å²) in [6.45, 7) is 3.88. The molecule has 1 saturated heterocycles. The number of likely N-dealkylation sites (tertiary alicyclic amines) is 1. The van der Waals surface area contributed by atoms with E-state index in [0.29, 0.717) is 0 Å². The van der Waals surface area contributed by atoms with Gasteiger partial charge in [-0.3, -0.25) is 0 Å². The van der Waals surface area contributed by atoms with Crippen LogP contribution in [-0.4, -0.2) is 49.1 Å². The van der Waals surface area contributed by atoms with Crippen molar-refractivity contribution in [3.63, 3.8) is 0 Å². The first-order valence-corrected chi connectivity index (χ1v) is 7.77. The van der Waals surface area contributed by atoms with Gasteiger partial charge in [0.25, 0.3) is 0 Å². The van der Waals surface area contributed by atoms with Crippen LogP contribution in [0, 0.1) is 0 Å². The Morgan fingerprint density at radius 2 is 1.95 bits per heavy atom. The van der Waals surface area contributed by atoms with E-state index in [9.17, 15) is 4.79 Å². The molecule has 4 nitrogen and oxygen atoms in total. The third kappa shape index (κ3) is 3.90. The quantitative estimate of drug-likeness (QED) is 0.853. The van der Waals surface area contributed by atoms with Crippen molar-refractivity contribution in [3.8, 4) is 5.75 Å². The molecular weight excluding hydrogens is 264 g/mol. The lowest BCUT2D eigenvalue weighted by atomic mass is 10.1. The Balaban J connectivity index is 1.98. The Bertz CT molecular complexity index is 470. The Kier molecular flexibility index (Phi) is 5.48. The van der Waals surface area contributed by atoms with E-state index in [1.165, 1.54) is 6.42 Å². The van der Waals surface area contributed by atoms with Gasteiger partial charge in [-0.15, -0.1) is 0 Å². The van der Waals surface area contributed by atoms with Gasteiger partial charge >= 0.3 is 6.03 Å². The molecule has 21 heavy (non-hydrogen) atoms. The van der Waals surface area contributed by atoms with Crippen molar-refractivity contribution in [2.24, 2.45) is 0 Å². The van der Waals surface area contributed by atoms with Crippen molar-refractivity contribution in [3.05, 3.63) is 29.8 Å². The molecule has 0 spiro atoms. The standard InChI is InChI=1S/C17H26N2O2/c1-14(13-15-9-5-6-10-16(15)21-3)18(2)17(20)19-11-7-4-8-12-19/h5-6,9-10,14H,4,7-8,11-13H2,1-3H3. The van der Waals surface area contributed by atoms with Crippen LogP contribution in [0.25, 0.3) is 0 Å². The van der Waals surface area contributed by atoms with Crippen LogP contribution < -0.4 is 4.74 Å². The van der Waals surface area contributed by atoms with E-state index in [-0.39, 0.29) is 12.1 Å². The van der Waals surface area contributed by atoms with Crippen molar-refractivity contribution in [2.75, 3.05) is 27.2 Å². The number of hydrogen-bond donors (Lipinski definition) is 0. The molecule has 1 aromatic rings. The molecule has 1 fully saturated rings. The number of para-hydroxylation sites is 1. The Morgan fingerprint density at radius 1 is 1.29 bits per heavy atom. The second-order valence-corrected chi connectivity index (χ2v) is 5.81. The summed E-state index contributed by atoms with van der Waals surface area (Å²) in [6.07, 6.45) is 4.30. The zero-order valence-electron chi connectivity index (χ0n) is 13.3. The van der Waals surface area contributed by atoms with E-state index in [0.717, 1.165) is 43.7 Å². The number of rotatable bonds is 4. The summed E-state index contributed by atoms with van der Waals surface area (Å²) in [5.74, 6) is 0.892. The van der Waals surface area contributed by atoms with Crippen LogP contribution in [0.5, 0.6) is 5.75 Å². The lowest BCUT2D eigenvalue weighted by Gasteiger charge is -2.34. The molecule has 1 atom stereocenters. The molecule has 0 bridgehead atoms. The van der Waals surface area contributed by atoms with Gasteiger partial charge in [0.05, 0.1) is 7.11 Å². The molecule has 1 heterocycles. The maximum Gasteiger partial charge on any atom is 0.319 e. The van der Waals surface area contributed by atoms with Crippen LogP contribution in [0.4, 0.5) is 4.79 Å². The number of likely N-dealkylation sites (N-methyl/N-ethyl adjacent to an activating group) is 1. The molecule has 1 aliphatic rings. The number of piperidine rings is 1. The molecule has 0 radical (unpaired) electrons. The lowest BCUT2D eigenvalue weighted by Crippen LogP contribution is -2.47. The molecule has 1 aliphatic heterocycles. The van der Waals surface area contributed by atoms with Crippen molar-refractivity contribution in [2.45, 2.75) is 38.6 Å². The zero-order valence-corrected chi connectivity index (χ0v) is 13.3. The minimum Gasteiger partial charge on any atom is -0.496 e. The minimum absolute atomic E-state index is 0.149. The van der Waals surface area contributed by atoms with Gasteiger partial charge in [-0.05, 0) is 44.2 Å². The maximum atomic E-state index is 12.5. The van der Waals surface area contributed by atoms with Crippen LogP contribution in [0.1, 0.15) is 31.7 Å². The topological polar surface area (TPSA) is 32.8 Å². The summed E-state index contributed by atoms with van der Waals surface area (Å²) < 4.78 is 5.39. The van der Waals surface area contributed by atoms with Gasteiger partial charge in [0.2, 0.25) is 0 Å².